The maximum Gasteiger partial charge on any atom is 0.220 e. The first-order chi connectivity index (χ1) is 11.6. The lowest BCUT2D eigenvalue weighted by atomic mass is 9.97. The van der Waals surface area contributed by atoms with Crippen LogP contribution in [0.5, 0.6) is 11.5 Å². The SMILES string of the molecule is Cc1ccccc1CNC(=O)CC(C)c1ccc2c(c1)OCCO2. The Morgan fingerprint density at radius 2 is 1.88 bits per heavy atom. The van der Waals surface area contributed by atoms with Crippen LogP contribution in [0, 0.1) is 6.92 Å². The third-order valence-electron chi connectivity index (χ3n) is 4.36. The van der Waals surface area contributed by atoms with Gasteiger partial charge in [-0.15, -0.1) is 0 Å². The zero-order chi connectivity index (χ0) is 16.9. The molecule has 24 heavy (non-hydrogen) atoms. The largest absolute Gasteiger partial charge is 0.486 e. The second-order valence-electron chi connectivity index (χ2n) is 6.21. The summed E-state index contributed by atoms with van der Waals surface area (Å²) >= 11 is 0. The number of carbonyl (C=O) groups excluding carboxylic acids is 1. The van der Waals surface area contributed by atoms with Crippen molar-refractivity contribution in [3.8, 4) is 11.5 Å². The third kappa shape index (κ3) is 3.88. The molecule has 1 atom stereocenters. The van der Waals surface area contributed by atoms with E-state index < -0.39 is 0 Å². The second kappa shape index (κ2) is 7.39. The summed E-state index contributed by atoms with van der Waals surface area (Å²) in [5, 5.41) is 3.01. The van der Waals surface area contributed by atoms with Gasteiger partial charge < -0.3 is 14.8 Å². The Kier molecular flexibility index (Phi) is 5.04. The molecule has 0 fully saturated rings. The molecule has 4 nitrogen and oxygen atoms in total. The molecule has 0 saturated carbocycles. The fourth-order valence-electron chi connectivity index (χ4n) is 2.84. The van der Waals surface area contributed by atoms with Gasteiger partial charge in [0.2, 0.25) is 5.91 Å². The van der Waals surface area contributed by atoms with Crippen molar-refractivity contribution >= 4 is 5.91 Å². The van der Waals surface area contributed by atoms with Crippen LogP contribution in [-0.4, -0.2) is 19.1 Å². The van der Waals surface area contributed by atoms with Crippen molar-refractivity contribution < 1.29 is 14.3 Å². The van der Waals surface area contributed by atoms with Gasteiger partial charge in [0.05, 0.1) is 0 Å². The minimum absolute atomic E-state index is 0.0562. The van der Waals surface area contributed by atoms with E-state index in [9.17, 15) is 4.79 Å². The fourth-order valence-corrected chi connectivity index (χ4v) is 2.84. The number of carbonyl (C=O) groups is 1. The van der Waals surface area contributed by atoms with Gasteiger partial charge >= 0.3 is 0 Å². The van der Waals surface area contributed by atoms with Crippen LogP contribution in [0.25, 0.3) is 0 Å². The zero-order valence-electron chi connectivity index (χ0n) is 14.2. The summed E-state index contributed by atoms with van der Waals surface area (Å²) in [6.07, 6.45) is 0.450. The Balaban J connectivity index is 1.57. The van der Waals surface area contributed by atoms with Gasteiger partial charge in [-0.25, -0.2) is 0 Å². The summed E-state index contributed by atoms with van der Waals surface area (Å²) in [6.45, 7) is 5.84. The minimum atomic E-state index is 0.0562. The predicted octanol–water partition coefficient (Wildman–Crippen LogP) is 3.58. The van der Waals surface area contributed by atoms with Crippen LogP contribution in [0.3, 0.4) is 0 Å². The molecule has 0 bridgehead atoms. The molecule has 1 heterocycles. The summed E-state index contributed by atoms with van der Waals surface area (Å²) in [7, 11) is 0. The van der Waals surface area contributed by atoms with E-state index in [0.717, 1.165) is 22.6 Å². The summed E-state index contributed by atoms with van der Waals surface area (Å²) in [5.74, 6) is 1.73. The highest BCUT2D eigenvalue weighted by atomic mass is 16.6. The molecule has 0 aliphatic carbocycles. The monoisotopic (exact) mass is 325 g/mol. The van der Waals surface area contributed by atoms with E-state index in [4.69, 9.17) is 9.47 Å². The molecule has 3 rings (SSSR count). The average molecular weight is 325 g/mol. The molecule has 2 aromatic rings. The first-order valence-corrected chi connectivity index (χ1v) is 8.34. The van der Waals surface area contributed by atoms with Crippen LogP contribution >= 0.6 is 0 Å². The molecule has 0 saturated heterocycles. The highest BCUT2D eigenvalue weighted by Crippen LogP contribution is 2.33. The standard InChI is InChI=1S/C20H23NO3/c1-14-5-3-4-6-17(14)13-21-20(22)11-15(2)16-7-8-18-19(12-16)24-10-9-23-18/h3-8,12,15H,9-11,13H2,1-2H3,(H,21,22). The Labute approximate surface area is 142 Å². The number of nitrogens with one attached hydrogen (secondary N) is 1. The number of amides is 1. The van der Waals surface area contributed by atoms with Crippen LogP contribution in [0.2, 0.25) is 0 Å². The third-order valence-corrected chi connectivity index (χ3v) is 4.36. The molecule has 1 aliphatic heterocycles. The minimum Gasteiger partial charge on any atom is -0.486 e. The number of benzene rings is 2. The summed E-state index contributed by atoms with van der Waals surface area (Å²) in [5.41, 5.74) is 3.43. The normalized spacial score (nSPS) is 14.1. The zero-order valence-corrected chi connectivity index (χ0v) is 14.2. The van der Waals surface area contributed by atoms with E-state index in [1.807, 2.05) is 36.4 Å². The van der Waals surface area contributed by atoms with E-state index >= 15 is 0 Å². The summed E-state index contributed by atoms with van der Waals surface area (Å²) in [6, 6.07) is 14.0. The van der Waals surface area contributed by atoms with Gasteiger partial charge in [0, 0.05) is 13.0 Å². The maximum absolute atomic E-state index is 12.2. The van der Waals surface area contributed by atoms with Crippen molar-refractivity contribution in [1.29, 1.82) is 0 Å². The molecule has 0 aromatic heterocycles. The van der Waals surface area contributed by atoms with Crippen LogP contribution in [0.4, 0.5) is 0 Å². The van der Waals surface area contributed by atoms with Gasteiger partial charge in [0.1, 0.15) is 13.2 Å². The van der Waals surface area contributed by atoms with Gasteiger partial charge in [-0.2, -0.15) is 0 Å². The van der Waals surface area contributed by atoms with Gasteiger partial charge in [-0.3, -0.25) is 4.79 Å². The summed E-state index contributed by atoms with van der Waals surface area (Å²) in [4.78, 5) is 12.2. The number of ether oxygens (including phenoxy) is 2. The first-order valence-electron chi connectivity index (χ1n) is 8.34. The summed E-state index contributed by atoms with van der Waals surface area (Å²) < 4.78 is 11.1. The Morgan fingerprint density at radius 3 is 2.67 bits per heavy atom. The molecule has 2 aromatic carbocycles. The van der Waals surface area contributed by atoms with Gasteiger partial charge in [-0.1, -0.05) is 37.3 Å². The van der Waals surface area contributed by atoms with Crippen LogP contribution < -0.4 is 14.8 Å². The van der Waals surface area contributed by atoms with Crippen molar-refractivity contribution in [2.75, 3.05) is 13.2 Å². The molecule has 4 heteroatoms. The maximum atomic E-state index is 12.2. The molecule has 126 valence electrons. The lowest BCUT2D eigenvalue weighted by Gasteiger charge is -2.20. The van der Waals surface area contributed by atoms with E-state index in [1.54, 1.807) is 0 Å². The number of hydrogen-bond donors (Lipinski definition) is 1. The van der Waals surface area contributed by atoms with Gasteiger partial charge in [0.25, 0.3) is 0 Å². The fraction of sp³-hybridized carbons (Fsp3) is 0.350. The molecule has 1 amide bonds. The van der Waals surface area contributed by atoms with Crippen LogP contribution in [0.15, 0.2) is 42.5 Å². The van der Waals surface area contributed by atoms with E-state index in [2.05, 4.69) is 25.2 Å². The van der Waals surface area contributed by atoms with Gasteiger partial charge in [0.15, 0.2) is 11.5 Å². The molecule has 0 radical (unpaired) electrons. The molecule has 1 aliphatic rings. The van der Waals surface area contributed by atoms with E-state index in [0.29, 0.717) is 26.2 Å². The lowest BCUT2D eigenvalue weighted by Crippen LogP contribution is -2.24. The highest BCUT2D eigenvalue weighted by molar-refractivity contribution is 5.76. The molecular formula is C20H23NO3. The quantitative estimate of drug-likeness (QED) is 0.914. The average Bonchev–Trinajstić information content (AvgIpc) is 2.60. The number of rotatable bonds is 5. The number of fused-ring (bicyclic) bond motifs is 1. The van der Waals surface area contributed by atoms with Crippen LogP contribution in [0.1, 0.15) is 36.0 Å². The van der Waals surface area contributed by atoms with Crippen molar-refractivity contribution in [2.45, 2.75) is 32.7 Å². The number of aryl methyl sites for hydroxylation is 1. The van der Waals surface area contributed by atoms with E-state index in [-0.39, 0.29) is 11.8 Å². The van der Waals surface area contributed by atoms with Crippen molar-refractivity contribution in [1.82, 2.24) is 5.32 Å². The first kappa shape index (κ1) is 16.4. The smallest absolute Gasteiger partial charge is 0.220 e. The van der Waals surface area contributed by atoms with Crippen molar-refractivity contribution in [2.24, 2.45) is 0 Å². The highest BCUT2D eigenvalue weighted by Gasteiger charge is 2.16. The predicted molar refractivity (Wildman–Crippen MR) is 93.5 cm³/mol. The molecule has 0 spiro atoms. The van der Waals surface area contributed by atoms with Crippen molar-refractivity contribution in [3.63, 3.8) is 0 Å². The second-order valence-corrected chi connectivity index (χ2v) is 6.21. The lowest BCUT2D eigenvalue weighted by molar-refractivity contribution is -0.121. The van der Waals surface area contributed by atoms with E-state index in [1.165, 1.54) is 5.56 Å². The Morgan fingerprint density at radius 1 is 1.12 bits per heavy atom. The Hall–Kier alpha value is -2.49. The van der Waals surface area contributed by atoms with Gasteiger partial charge in [-0.05, 0) is 41.7 Å². The molecular weight excluding hydrogens is 302 g/mol. The number of hydrogen-bond acceptors (Lipinski definition) is 3. The topological polar surface area (TPSA) is 47.6 Å². The van der Waals surface area contributed by atoms with Crippen LogP contribution in [-0.2, 0) is 11.3 Å². The Bertz CT molecular complexity index is 727. The molecule has 1 unspecified atom stereocenters. The van der Waals surface area contributed by atoms with Crippen molar-refractivity contribution in [3.05, 3.63) is 59.2 Å². The molecule has 1 N–H and O–H groups in total.